The van der Waals surface area contributed by atoms with Gasteiger partial charge in [-0.2, -0.15) is 0 Å². The molecule has 3 saturated carbocycles. The first-order chi connectivity index (χ1) is 9.96. The predicted molar refractivity (Wildman–Crippen MR) is 82.7 cm³/mol. The summed E-state index contributed by atoms with van der Waals surface area (Å²) in [6.07, 6.45) is 2.61. The van der Waals surface area contributed by atoms with Crippen LogP contribution in [-0.4, -0.2) is 25.9 Å². The van der Waals surface area contributed by atoms with Gasteiger partial charge in [0, 0.05) is 5.46 Å². The van der Waals surface area contributed by atoms with E-state index in [1.165, 1.54) is 6.42 Å². The van der Waals surface area contributed by atoms with E-state index >= 15 is 0 Å². The summed E-state index contributed by atoms with van der Waals surface area (Å²) in [5.41, 5.74) is 1.22. The predicted octanol–water partition coefficient (Wildman–Crippen LogP) is 2.63. The molecule has 0 N–H and O–H groups in total. The zero-order valence-corrected chi connectivity index (χ0v) is 13.3. The summed E-state index contributed by atoms with van der Waals surface area (Å²) in [5, 5.41) is 0. The van der Waals surface area contributed by atoms with Crippen molar-refractivity contribution >= 4 is 12.6 Å². The Balaban J connectivity index is 1.65. The fourth-order valence-electron chi connectivity index (χ4n) is 4.86. The molecule has 0 radical (unpaired) electrons. The number of para-hydroxylation sites is 1. The van der Waals surface area contributed by atoms with Gasteiger partial charge in [0.15, 0.2) is 0 Å². The first-order valence-corrected chi connectivity index (χ1v) is 7.93. The van der Waals surface area contributed by atoms with Gasteiger partial charge in [0.1, 0.15) is 5.75 Å². The summed E-state index contributed by atoms with van der Waals surface area (Å²) < 4.78 is 18.2. The lowest BCUT2D eigenvalue weighted by Gasteiger charge is -2.64. The van der Waals surface area contributed by atoms with Crippen LogP contribution >= 0.6 is 0 Å². The first kappa shape index (κ1) is 13.7. The third-order valence-electron chi connectivity index (χ3n) is 6.34. The number of hydrogen-bond acceptors (Lipinski definition) is 3. The number of methoxy groups -OCH3 is 1. The minimum absolute atomic E-state index is 0.163. The molecule has 1 aromatic rings. The van der Waals surface area contributed by atoms with Crippen molar-refractivity contribution in [3.8, 4) is 5.75 Å². The lowest BCUT2D eigenvalue weighted by molar-refractivity contribution is -0.199. The van der Waals surface area contributed by atoms with Crippen molar-refractivity contribution in [1.29, 1.82) is 0 Å². The van der Waals surface area contributed by atoms with Crippen LogP contribution in [0.25, 0.3) is 0 Å². The fourth-order valence-corrected chi connectivity index (χ4v) is 4.86. The summed E-state index contributed by atoms with van der Waals surface area (Å²) in [7, 11) is 1.40. The maximum atomic E-state index is 6.46. The van der Waals surface area contributed by atoms with E-state index in [4.69, 9.17) is 14.0 Å². The molecule has 2 bridgehead atoms. The van der Waals surface area contributed by atoms with Crippen molar-refractivity contribution in [3.05, 3.63) is 24.3 Å². The Kier molecular flexibility index (Phi) is 2.77. The standard InChI is InChI=1S/C17H23BO3/c1-16(2)11-9-14(16)17(3)15(10-11)20-18(21-17)12-7-5-6-8-13(12)19-4/h5-8,11,14-15H,9-10H2,1-4H3/t11-,14-,15-,17-/m0/s1. The highest BCUT2D eigenvalue weighted by atomic mass is 16.7. The Morgan fingerprint density at radius 3 is 2.67 bits per heavy atom. The molecule has 1 saturated heterocycles. The Hall–Kier alpha value is -0.995. The third kappa shape index (κ3) is 1.69. The van der Waals surface area contributed by atoms with Crippen molar-refractivity contribution < 1.29 is 14.0 Å². The van der Waals surface area contributed by atoms with E-state index in [2.05, 4.69) is 20.8 Å². The van der Waals surface area contributed by atoms with E-state index in [1.54, 1.807) is 7.11 Å². The topological polar surface area (TPSA) is 27.7 Å². The SMILES string of the molecule is COc1ccccc1B1O[C@H]2C[C@@H]3C[C@@H](C3(C)C)[C@]2(C)O1. The zero-order valence-electron chi connectivity index (χ0n) is 13.3. The molecule has 4 fully saturated rings. The van der Waals surface area contributed by atoms with E-state index in [0.717, 1.165) is 23.6 Å². The number of benzene rings is 1. The molecule has 0 unspecified atom stereocenters. The number of hydrogen-bond donors (Lipinski definition) is 0. The van der Waals surface area contributed by atoms with Gasteiger partial charge in [0.2, 0.25) is 0 Å². The van der Waals surface area contributed by atoms with Gasteiger partial charge in [0.25, 0.3) is 0 Å². The van der Waals surface area contributed by atoms with Crippen LogP contribution in [0.2, 0.25) is 0 Å². The monoisotopic (exact) mass is 286 g/mol. The van der Waals surface area contributed by atoms with Crippen molar-refractivity contribution in [1.82, 2.24) is 0 Å². The smallest absolute Gasteiger partial charge is 0.497 e. The summed E-state index contributed by atoms with van der Waals surface area (Å²) in [6, 6.07) is 8.00. The molecule has 112 valence electrons. The molecule has 0 aromatic heterocycles. The molecular weight excluding hydrogens is 263 g/mol. The zero-order chi connectivity index (χ0) is 14.8. The summed E-state index contributed by atoms with van der Waals surface area (Å²) in [6.45, 7) is 7.01. The Labute approximate surface area is 127 Å². The molecule has 4 heteroatoms. The first-order valence-electron chi connectivity index (χ1n) is 7.93. The van der Waals surface area contributed by atoms with Gasteiger partial charge in [-0.3, -0.25) is 0 Å². The molecular formula is C17H23BO3. The van der Waals surface area contributed by atoms with E-state index in [1.807, 2.05) is 24.3 Å². The highest BCUT2D eigenvalue weighted by Crippen LogP contribution is 2.65. The molecule has 1 aliphatic heterocycles. The molecule has 1 heterocycles. The molecule has 4 aliphatic rings. The van der Waals surface area contributed by atoms with Gasteiger partial charge in [-0.25, -0.2) is 0 Å². The molecule has 3 nitrogen and oxygen atoms in total. The van der Waals surface area contributed by atoms with Crippen LogP contribution in [0.4, 0.5) is 0 Å². The lowest BCUT2D eigenvalue weighted by atomic mass is 9.43. The van der Waals surface area contributed by atoms with E-state index in [9.17, 15) is 0 Å². The maximum absolute atomic E-state index is 6.46. The quantitative estimate of drug-likeness (QED) is 0.782. The largest absolute Gasteiger partial charge is 0.498 e. The van der Waals surface area contributed by atoms with Crippen molar-refractivity contribution in [2.24, 2.45) is 17.3 Å². The lowest BCUT2D eigenvalue weighted by Crippen LogP contribution is -2.65. The Morgan fingerprint density at radius 2 is 1.95 bits per heavy atom. The Morgan fingerprint density at radius 1 is 1.19 bits per heavy atom. The molecule has 0 spiro atoms. The fraction of sp³-hybridized carbons (Fsp3) is 0.647. The maximum Gasteiger partial charge on any atom is 0.498 e. The normalized spacial score (nSPS) is 39.6. The van der Waals surface area contributed by atoms with E-state index < -0.39 is 0 Å². The van der Waals surface area contributed by atoms with Crippen molar-refractivity contribution in [3.63, 3.8) is 0 Å². The Bertz CT molecular complexity index is 573. The molecule has 0 amide bonds. The van der Waals surface area contributed by atoms with Crippen LogP contribution in [0.5, 0.6) is 5.75 Å². The average Bonchev–Trinajstić information content (AvgIpc) is 2.83. The van der Waals surface area contributed by atoms with Gasteiger partial charge < -0.3 is 14.0 Å². The van der Waals surface area contributed by atoms with E-state index in [-0.39, 0.29) is 18.8 Å². The number of ether oxygens (including phenoxy) is 1. The molecule has 1 aromatic carbocycles. The van der Waals surface area contributed by atoms with Crippen LogP contribution in [-0.2, 0) is 9.31 Å². The van der Waals surface area contributed by atoms with Gasteiger partial charge >= 0.3 is 7.12 Å². The van der Waals surface area contributed by atoms with Gasteiger partial charge in [0.05, 0.1) is 18.8 Å². The molecule has 3 aliphatic carbocycles. The van der Waals surface area contributed by atoms with E-state index in [0.29, 0.717) is 11.3 Å². The van der Waals surface area contributed by atoms with Gasteiger partial charge in [-0.05, 0) is 43.1 Å². The summed E-state index contributed by atoms with van der Waals surface area (Å²) in [4.78, 5) is 0. The van der Waals surface area contributed by atoms with Crippen LogP contribution in [0.3, 0.4) is 0 Å². The second-order valence-electron chi connectivity index (χ2n) is 7.54. The number of rotatable bonds is 2. The van der Waals surface area contributed by atoms with Crippen LogP contribution in [0.1, 0.15) is 33.6 Å². The summed E-state index contributed by atoms with van der Waals surface area (Å²) >= 11 is 0. The molecule has 4 atom stereocenters. The van der Waals surface area contributed by atoms with Crippen LogP contribution in [0.15, 0.2) is 24.3 Å². The van der Waals surface area contributed by atoms with Gasteiger partial charge in [-0.15, -0.1) is 0 Å². The minimum atomic E-state index is -0.300. The summed E-state index contributed by atoms with van der Waals surface area (Å²) in [5.74, 6) is 2.21. The molecule has 5 rings (SSSR count). The highest BCUT2D eigenvalue weighted by Gasteiger charge is 2.68. The highest BCUT2D eigenvalue weighted by molar-refractivity contribution is 6.63. The van der Waals surface area contributed by atoms with Crippen LogP contribution < -0.4 is 10.2 Å². The van der Waals surface area contributed by atoms with Crippen LogP contribution in [0, 0.1) is 17.3 Å². The van der Waals surface area contributed by atoms with Gasteiger partial charge in [-0.1, -0.05) is 32.0 Å². The average molecular weight is 286 g/mol. The second-order valence-corrected chi connectivity index (χ2v) is 7.54. The third-order valence-corrected chi connectivity index (χ3v) is 6.34. The minimum Gasteiger partial charge on any atom is -0.497 e. The van der Waals surface area contributed by atoms with Crippen molar-refractivity contribution in [2.45, 2.75) is 45.3 Å². The molecule has 21 heavy (non-hydrogen) atoms. The second kappa shape index (κ2) is 4.27. The van der Waals surface area contributed by atoms with Crippen molar-refractivity contribution in [2.75, 3.05) is 7.11 Å².